The van der Waals surface area contributed by atoms with Gasteiger partial charge in [0.15, 0.2) is 11.6 Å². The van der Waals surface area contributed by atoms with Crippen LogP contribution in [0, 0.1) is 0 Å². The number of hydrogen-bond donors (Lipinski definition) is 0. The Kier molecular flexibility index (Phi) is 8.92. The second-order valence-electron chi connectivity index (χ2n) is 5.44. The first-order valence-electron chi connectivity index (χ1n) is 8.65. The van der Waals surface area contributed by atoms with Gasteiger partial charge in [0.25, 0.3) is 0 Å². The molecule has 0 bridgehead atoms. The van der Waals surface area contributed by atoms with Gasteiger partial charge >= 0.3 is 0 Å². The minimum absolute atomic E-state index is 0.225. The van der Waals surface area contributed by atoms with Gasteiger partial charge in [-0.3, -0.25) is 9.59 Å². The highest BCUT2D eigenvalue weighted by Gasteiger charge is 2.23. The Morgan fingerprint density at radius 3 is 2.11 bits per heavy atom. The summed E-state index contributed by atoms with van der Waals surface area (Å²) in [6, 6.07) is 16.2. The van der Waals surface area contributed by atoms with E-state index in [1.54, 1.807) is 36.4 Å². The number of benzene rings is 2. The van der Waals surface area contributed by atoms with Crippen molar-refractivity contribution in [1.29, 1.82) is 0 Å². The molecule has 0 aliphatic rings. The molecular weight excluding hydrogens is 396 g/mol. The molecule has 2 rings (SSSR count). The van der Waals surface area contributed by atoms with Crippen LogP contribution in [-0.2, 0) is 4.79 Å². The van der Waals surface area contributed by atoms with Crippen molar-refractivity contribution >= 4 is 52.8 Å². The van der Waals surface area contributed by atoms with E-state index in [4.69, 9.17) is 11.6 Å². The molecule has 0 saturated carbocycles. The van der Waals surface area contributed by atoms with Crippen LogP contribution >= 0.6 is 35.1 Å². The summed E-state index contributed by atoms with van der Waals surface area (Å²) in [5, 5.41) is 0.563. The number of carbonyl (C=O) groups excluding carboxylic acids is 2. The molecular formula is C22H21ClO2S2. The van der Waals surface area contributed by atoms with Crippen LogP contribution in [0.3, 0.4) is 0 Å². The predicted molar refractivity (Wildman–Crippen MR) is 120 cm³/mol. The molecule has 2 aromatic rings. The Labute approximate surface area is 174 Å². The number of Topliss-reactive ketones (excluding diaryl/α,β-unsaturated/α-hetero) is 1. The van der Waals surface area contributed by atoms with Crippen LogP contribution in [0.5, 0.6) is 0 Å². The van der Waals surface area contributed by atoms with Crippen molar-refractivity contribution in [3.05, 3.63) is 86.6 Å². The van der Waals surface area contributed by atoms with Crippen molar-refractivity contribution in [2.24, 2.45) is 0 Å². The molecule has 0 heterocycles. The fourth-order valence-electron chi connectivity index (χ4n) is 2.35. The lowest BCUT2D eigenvalue weighted by Gasteiger charge is -2.11. The summed E-state index contributed by atoms with van der Waals surface area (Å²) in [5.74, 6) is 1.02. The lowest BCUT2D eigenvalue weighted by atomic mass is 10.0. The second kappa shape index (κ2) is 11.2. The monoisotopic (exact) mass is 416 g/mol. The van der Waals surface area contributed by atoms with Crippen LogP contribution in [0.25, 0.3) is 6.08 Å². The number of ketones is 2. The van der Waals surface area contributed by atoms with Crippen LogP contribution in [0.2, 0.25) is 5.02 Å². The Morgan fingerprint density at radius 2 is 1.52 bits per heavy atom. The van der Waals surface area contributed by atoms with Gasteiger partial charge in [-0.05, 0) is 35.3 Å². The van der Waals surface area contributed by atoms with Crippen molar-refractivity contribution in [2.75, 3.05) is 11.5 Å². The van der Waals surface area contributed by atoms with Crippen molar-refractivity contribution in [3.63, 3.8) is 0 Å². The van der Waals surface area contributed by atoms with Crippen LogP contribution in [0.4, 0.5) is 0 Å². The average molecular weight is 417 g/mol. The highest BCUT2D eigenvalue weighted by molar-refractivity contribution is 8.22. The average Bonchev–Trinajstić information content (AvgIpc) is 2.68. The summed E-state index contributed by atoms with van der Waals surface area (Å²) in [4.78, 5) is 26.1. The molecule has 2 nitrogen and oxygen atoms in total. The summed E-state index contributed by atoms with van der Waals surface area (Å²) >= 11 is 9.21. The Balaban J connectivity index is 2.45. The lowest BCUT2D eigenvalue weighted by molar-refractivity contribution is -0.111. The molecule has 0 amide bonds. The SMILES string of the molecule is CCSC(SCC)=C(C(=O)/C=C/c1ccccc1Cl)C(=O)c1ccccc1. The van der Waals surface area contributed by atoms with Gasteiger partial charge in [0, 0.05) is 10.6 Å². The standard InChI is InChI=1S/C22H21ClO2S2/c1-3-26-22(27-4-2)20(21(25)17-11-6-5-7-12-17)19(24)15-14-16-10-8-9-13-18(16)23/h5-15H,3-4H2,1-2H3/b15-14+. The minimum Gasteiger partial charge on any atom is -0.289 e. The topological polar surface area (TPSA) is 34.1 Å². The van der Waals surface area contributed by atoms with E-state index in [9.17, 15) is 9.59 Å². The molecule has 0 radical (unpaired) electrons. The van der Waals surface area contributed by atoms with E-state index in [0.29, 0.717) is 10.6 Å². The summed E-state index contributed by atoms with van der Waals surface area (Å²) < 4.78 is 0.766. The first kappa shape index (κ1) is 21.5. The van der Waals surface area contributed by atoms with Crippen LogP contribution in [0.15, 0.2) is 70.5 Å². The zero-order valence-electron chi connectivity index (χ0n) is 15.3. The fourth-order valence-corrected chi connectivity index (χ4v) is 4.79. The van der Waals surface area contributed by atoms with Gasteiger partial charge in [-0.1, -0.05) is 74.0 Å². The zero-order chi connectivity index (χ0) is 19.6. The number of thioether (sulfide) groups is 2. The van der Waals surface area contributed by atoms with Gasteiger partial charge in [0.2, 0.25) is 0 Å². The largest absolute Gasteiger partial charge is 0.289 e. The molecule has 5 heteroatoms. The summed E-state index contributed by atoms with van der Waals surface area (Å²) in [7, 11) is 0. The molecule has 0 saturated heterocycles. The van der Waals surface area contributed by atoms with E-state index < -0.39 is 0 Å². The Hall–Kier alpha value is -1.75. The van der Waals surface area contributed by atoms with Gasteiger partial charge in [0.1, 0.15) is 0 Å². The molecule has 27 heavy (non-hydrogen) atoms. The smallest absolute Gasteiger partial charge is 0.198 e. The summed E-state index contributed by atoms with van der Waals surface area (Å²) in [6.07, 6.45) is 3.09. The molecule has 0 unspecified atom stereocenters. The van der Waals surface area contributed by atoms with Gasteiger partial charge in [-0.15, -0.1) is 23.5 Å². The van der Waals surface area contributed by atoms with Gasteiger partial charge in [-0.2, -0.15) is 0 Å². The number of rotatable bonds is 9. The summed E-state index contributed by atoms with van der Waals surface area (Å²) in [6.45, 7) is 4.02. The fraction of sp³-hybridized carbons (Fsp3) is 0.182. The number of halogens is 1. The predicted octanol–water partition coefficient (Wildman–Crippen LogP) is 6.52. The van der Waals surface area contributed by atoms with Crippen molar-refractivity contribution in [3.8, 4) is 0 Å². The molecule has 0 spiro atoms. The third-order valence-corrected chi connectivity index (χ3v) is 6.15. The van der Waals surface area contributed by atoms with Crippen molar-refractivity contribution < 1.29 is 9.59 Å². The van der Waals surface area contributed by atoms with Gasteiger partial charge in [-0.25, -0.2) is 0 Å². The van der Waals surface area contributed by atoms with E-state index in [-0.39, 0.29) is 17.1 Å². The van der Waals surface area contributed by atoms with Crippen LogP contribution < -0.4 is 0 Å². The molecule has 0 aliphatic carbocycles. The number of allylic oxidation sites excluding steroid dienone is 2. The van der Waals surface area contributed by atoms with Crippen LogP contribution in [0.1, 0.15) is 29.8 Å². The van der Waals surface area contributed by atoms with Gasteiger partial charge < -0.3 is 0 Å². The molecule has 0 N–H and O–H groups in total. The zero-order valence-corrected chi connectivity index (χ0v) is 17.7. The van der Waals surface area contributed by atoms with E-state index in [1.165, 1.54) is 29.6 Å². The lowest BCUT2D eigenvalue weighted by Crippen LogP contribution is -2.13. The highest BCUT2D eigenvalue weighted by atomic mass is 35.5. The molecule has 0 fully saturated rings. The maximum Gasteiger partial charge on any atom is 0.198 e. The van der Waals surface area contributed by atoms with E-state index in [0.717, 1.165) is 21.3 Å². The molecule has 0 aromatic heterocycles. The molecule has 0 aliphatic heterocycles. The first-order valence-corrected chi connectivity index (χ1v) is 11.0. The molecule has 0 atom stereocenters. The normalized spacial score (nSPS) is 10.8. The minimum atomic E-state index is -0.305. The maximum atomic E-state index is 13.1. The first-order chi connectivity index (χ1) is 13.1. The highest BCUT2D eigenvalue weighted by Crippen LogP contribution is 2.33. The maximum absolute atomic E-state index is 13.1. The third kappa shape index (κ3) is 6.13. The molecule has 2 aromatic carbocycles. The molecule has 140 valence electrons. The van der Waals surface area contributed by atoms with E-state index in [1.807, 2.05) is 38.1 Å². The van der Waals surface area contributed by atoms with Crippen LogP contribution in [-0.4, -0.2) is 23.1 Å². The summed E-state index contributed by atoms with van der Waals surface area (Å²) in [5.41, 5.74) is 1.48. The van der Waals surface area contributed by atoms with Gasteiger partial charge in [0.05, 0.1) is 9.81 Å². The van der Waals surface area contributed by atoms with Crippen molar-refractivity contribution in [2.45, 2.75) is 13.8 Å². The third-order valence-electron chi connectivity index (χ3n) is 3.58. The quantitative estimate of drug-likeness (QED) is 0.201. The number of carbonyl (C=O) groups is 2. The Bertz CT molecular complexity index is 850. The number of hydrogen-bond acceptors (Lipinski definition) is 4. The van der Waals surface area contributed by atoms with E-state index >= 15 is 0 Å². The second-order valence-corrected chi connectivity index (χ2v) is 8.66. The van der Waals surface area contributed by atoms with E-state index in [2.05, 4.69) is 0 Å². The Morgan fingerprint density at radius 1 is 0.926 bits per heavy atom. The van der Waals surface area contributed by atoms with Crippen molar-refractivity contribution in [1.82, 2.24) is 0 Å².